The largest absolute Gasteiger partial charge is 0.508 e. The molecule has 0 spiro atoms. The van der Waals surface area contributed by atoms with Crippen LogP contribution in [0.5, 0.6) is 5.75 Å². The number of nitrogens with zero attached hydrogens (tertiary/aromatic N) is 1. The second kappa shape index (κ2) is 8.70. The lowest BCUT2D eigenvalue weighted by Gasteiger charge is -2.26. The molecular weight excluding hydrogens is 447 g/mol. The Morgan fingerprint density at radius 3 is 2.26 bits per heavy atom. The highest BCUT2D eigenvalue weighted by molar-refractivity contribution is 6.51. The smallest absolute Gasteiger partial charge is 0.416 e. The fourth-order valence-electron chi connectivity index (χ4n) is 4.00. The van der Waals surface area contributed by atoms with E-state index < -0.39 is 35.2 Å². The molecule has 0 radical (unpaired) electrons. The van der Waals surface area contributed by atoms with Gasteiger partial charge in [0.25, 0.3) is 11.7 Å². The Kier molecular flexibility index (Phi) is 5.91. The number of aryl methyl sites for hydroxylation is 1. The van der Waals surface area contributed by atoms with Gasteiger partial charge in [0.2, 0.25) is 0 Å². The molecule has 1 aliphatic heterocycles. The average molecular weight is 467 g/mol. The zero-order valence-electron chi connectivity index (χ0n) is 18.0. The number of ketones is 1. The van der Waals surface area contributed by atoms with Crippen molar-refractivity contribution >= 4 is 23.1 Å². The quantitative estimate of drug-likeness (QED) is 0.298. The van der Waals surface area contributed by atoms with Crippen LogP contribution in [-0.2, 0) is 22.2 Å². The van der Waals surface area contributed by atoms with Crippen LogP contribution in [0.4, 0.5) is 18.9 Å². The number of hydrogen-bond acceptors (Lipinski definition) is 4. The molecular formula is C26H20F3NO4. The van der Waals surface area contributed by atoms with Crippen molar-refractivity contribution in [3.05, 3.63) is 101 Å². The molecule has 34 heavy (non-hydrogen) atoms. The summed E-state index contributed by atoms with van der Waals surface area (Å²) in [7, 11) is 0. The number of alkyl halides is 3. The summed E-state index contributed by atoms with van der Waals surface area (Å²) in [6.45, 7) is 1.96. The number of amides is 1. The van der Waals surface area contributed by atoms with E-state index in [4.69, 9.17) is 0 Å². The Morgan fingerprint density at radius 2 is 1.65 bits per heavy atom. The van der Waals surface area contributed by atoms with Gasteiger partial charge in [0.1, 0.15) is 11.5 Å². The Morgan fingerprint density at radius 1 is 0.971 bits per heavy atom. The van der Waals surface area contributed by atoms with Crippen molar-refractivity contribution in [2.75, 3.05) is 4.90 Å². The SMILES string of the molecule is CCc1ccc(/C(O)=C2\C(=O)C(=O)N(c3cccc(C(F)(F)F)c3)C2c2cccc(O)c2)cc1. The van der Waals surface area contributed by atoms with Gasteiger partial charge in [0.05, 0.1) is 17.2 Å². The third kappa shape index (κ3) is 4.14. The van der Waals surface area contributed by atoms with Gasteiger partial charge in [-0.2, -0.15) is 13.2 Å². The summed E-state index contributed by atoms with van der Waals surface area (Å²) in [6.07, 6.45) is -3.91. The van der Waals surface area contributed by atoms with E-state index in [0.717, 1.165) is 35.1 Å². The number of aliphatic hydroxyl groups is 1. The van der Waals surface area contributed by atoms with Crippen molar-refractivity contribution < 1.29 is 33.0 Å². The third-order valence-electron chi connectivity index (χ3n) is 5.72. The van der Waals surface area contributed by atoms with E-state index in [1.54, 1.807) is 24.3 Å². The Hall–Kier alpha value is -4.07. The predicted octanol–water partition coefficient (Wildman–Crippen LogP) is 5.60. The number of rotatable bonds is 4. The van der Waals surface area contributed by atoms with Gasteiger partial charge in [-0.3, -0.25) is 14.5 Å². The number of phenolic OH excluding ortho intramolecular Hbond substituents is 1. The summed E-state index contributed by atoms with van der Waals surface area (Å²) in [6, 6.07) is 15.2. The van der Waals surface area contributed by atoms with E-state index in [1.165, 1.54) is 30.3 Å². The number of halogens is 3. The van der Waals surface area contributed by atoms with E-state index in [1.807, 2.05) is 6.92 Å². The van der Waals surface area contributed by atoms with Gasteiger partial charge < -0.3 is 10.2 Å². The second-order valence-electron chi connectivity index (χ2n) is 7.86. The van der Waals surface area contributed by atoms with Gasteiger partial charge in [-0.15, -0.1) is 0 Å². The highest BCUT2D eigenvalue weighted by atomic mass is 19.4. The fourth-order valence-corrected chi connectivity index (χ4v) is 4.00. The molecule has 1 saturated heterocycles. The van der Waals surface area contributed by atoms with Gasteiger partial charge in [0.15, 0.2) is 0 Å². The van der Waals surface area contributed by atoms with Gasteiger partial charge in [0, 0.05) is 11.3 Å². The summed E-state index contributed by atoms with van der Waals surface area (Å²) in [5.74, 6) is -2.74. The third-order valence-corrected chi connectivity index (χ3v) is 5.72. The minimum atomic E-state index is -4.66. The van der Waals surface area contributed by atoms with Crippen molar-refractivity contribution in [1.29, 1.82) is 0 Å². The molecule has 1 aliphatic rings. The monoisotopic (exact) mass is 467 g/mol. The molecule has 1 amide bonds. The lowest BCUT2D eigenvalue weighted by atomic mass is 9.94. The Labute approximate surface area is 193 Å². The number of phenols is 1. The topological polar surface area (TPSA) is 77.8 Å². The highest BCUT2D eigenvalue weighted by Crippen LogP contribution is 2.43. The number of Topliss-reactive ketones (excluding diaryl/α,β-unsaturated/α-hetero) is 1. The van der Waals surface area contributed by atoms with E-state index in [9.17, 15) is 33.0 Å². The van der Waals surface area contributed by atoms with Gasteiger partial charge in [-0.1, -0.05) is 49.4 Å². The second-order valence-corrected chi connectivity index (χ2v) is 7.86. The number of aromatic hydroxyl groups is 1. The molecule has 1 fully saturated rings. The molecule has 5 nitrogen and oxygen atoms in total. The first-order valence-corrected chi connectivity index (χ1v) is 10.5. The van der Waals surface area contributed by atoms with Crippen LogP contribution in [0.2, 0.25) is 0 Å². The summed E-state index contributed by atoms with van der Waals surface area (Å²) in [5, 5.41) is 21.1. The number of aliphatic hydroxyl groups excluding tert-OH is 1. The average Bonchev–Trinajstić information content (AvgIpc) is 3.08. The van der Waals surface area contributed by atoms with Gasteiger partial charge in [-0.05, 0) is 47.9 Å². The standard InChI is InChI=1S/C26H20F3NO4/c1-2-15-9-11-16(12-10-15)23(32)21-22(17-5-3-8-20(31)13-17)30(25(34)24(21)33)19-7-4-6-18(14-19)26(27,28)29/h3-14,22,31-32H,2H2,1H3/b23-21+. The van der Waals surface area contributed by atoms with Gasteiger partial charge in [-0.25, -0.2) is 0 Å². The zero-order valence-corrected chi connectivity index (χ0v) is 18.0. The maximum Gasteiger partial charge on any atom is 0.416 e. The van der Waals surface area contributed by atoms with Crippen LogP contribution in [-0.4, -0.2) is 21.9 Å². The fraction of sp³-hybridized carbons (Fsp3) is 0.154. The molecule has 0 aromatic heterocycles. The minimum Gasteiger partial charge on any atom is -0.508 e. The zero-order chi connectivity index (χ0) is 24.6. The number of anilines is 1. The molecule has 1 heterocycles. The number of hydrogen-bond donors (Lipinski definition) is 2. The Balaban J connectivity index is 1.93. The van der Waals surface area contributed by atoms with Crippen LogP contribution in [0.15, 0.2) is 78.4 Å². The van der Waals surface area contributed by atoms with E-state index in [0.29, 0.717) is 0 Å². The van der Waals surface area contributed by atoms with Crippen LogP contribution >= 0.6 is 0 Å². The van der Waals surface area contributed by atoms with Crippen molar-refractivity contribution in [2.24, 2.45) is 0 Å². The molecule has 0 bridgehead atoms. The van der Waals surface area contributed by atoms with Crippen molar-refractivity contribution in [1.82, 2.24) is 0 Å². The summed E-state index contributed by atoms with van der Waals surface area (Å²) in [5.41, 5.74) is 0.0952. The lowest BCUT2D eigenvalue weighted by Crippen LogP contribution is -2.29. The normalized spacial score (nSPS) is 17.9. The lowest BCUT2D eigenvalue weighted by molar-refractivity contribution is -0.137. The molecule has 4 rings (SSSR count). The Bertz CT molecular complexity index is 1300. The molecule has 174 valence electrons. The first-order chi connectivity index (χ1) is 16.1. The summed E-state index contributed by atoms with van der Waals surface area (Å²) in [4.78, 5) is 27.1. The number of benzene rings is 3. The molecule has 3 aromatic rings. The number of carbonyl (C=O) groups excluding carboxylic acids is 2. The molecule has 3 aromatic carbocycles. The molecule has 0 saturated carbocycles. The van der Waals surface area contributed by atoms with Crippen LogP contribution in [0.25, 0.3) is 5.76 Å². The number of carbonyl (C=O) groups is 2. The molecule has 0 aliphatic carbocycles. The van der Waals surface area contributed by atoms with Crippen LogP contribution in [0.1, 0.15) is 35.2 Å². The van der Waals surface area contributed by atoms with E-state index >= 15 is 0 Å². The first kappa shape index (κ1) is 23.1. The highest BCUT2D eigenvalue weighted by Gasteiger charge is 2.47. The summed E-state index contributed by atoms with van der Waals surface area (Å²) >= 11 is 0. The van der Waals surface area contributed by atoms with Crippen molar-refractivity contribution in [2.45, 2.75) is 25.6 Å². The molecule has 1 unspecified atom stereocenters. The molecule has 8 heteroatoms. The van der Waals surface area contributed by atoms with Crippen molar-refractivity contribution in [3.8, 4) is 5.75 Å². The predicted molar refractivity (Wildman–Crippen MR) is 120 cm³/mol. The van der Waals surface area contributed by atoms with Crippen LogP contribution in [0, 0.1) is 0 Å². The molecule has 2 N–H and O–H groups in total. The molecule has 1 atom stereocenters. The minimum absolute atomic E-state index is 0.161. The van der Waals surface area contributed by atoms with Crippen LogP contribution < -0.4 is 4.90 Å². The van der Waals surface area contributed by atoms with E-state index in [-0.39, 0.29) is 28.1 Å². The first-order valence-electron chi connectivity index (χ1n) is 10.5. The van der Waals surface area contributed by atoms with Crippen molar-refractivity contribution in [3.63, 3.8) is 0 Å². The van der Waals surface area contributed by atoms with E-state index in [2.05, 4.69) is 0 Å². The van der Waals surface area contributed by atoms with Gasteiger partial charge >= 0.3 is 6.18 Å². The summed E-state index contributed by atoms with van der Waals surface area (Å²) < 4.78 is 40.0. The maximum atomic E-state index is 13.3. The van der Waals surface area contributed by atoms with Crippen LogP contribution in [0.3, 0.4) is 0 Å². The maximum absolute atomic E-state index is 13.3.